The van der Waals surface area contributed by atoms with E-state index in [1.54, 1.807) is 18.2 Å². The highest BCUT2D eigenvalue weighted by molar-refractivity contribution is 7.90. The maximum absolute atomic E-state index is 14.7. The van der Waals surface area contributed by atoms with Crippen LogP contribution in [0.5, 0.6) is 0 Å². The van der Waals surface area contributed by atoms with Gasteiger partial charge in [0.2, 0.25) is 0 Å². The minimum Gasteiger partial charge on any atom is -0.381 e. The van der Waals surface area contributed by atoms with Crippen LogP contribution in [0.3, 0.4) is 0 Å². The van der Waals surface area contributed by atoms with Crippen LogP contribution >= 0.6 is 12.4 Å². The maximum Gasteiger partial charge on any atom is 0.293 e. The fourth-order valence-electron chi connectivity index (χ4n) is 2.98. The third-order valence-electron chi connectivity index (χ3n) is 4.72. The SMILES string of the molecule is Cl.O=C(NS(=O)(=O)c1ccc(NCC2(F)CCOCC2)c([N+](=O)[O-])c1)c1ccccc1. The van der Waals surface area contributed by atoms with Crippen molar-refractivity contribution in [2.24, 2.45) is 0 Å². The molecule has 2 aromatic rings. The molecule has 31 heavy (non-hydrogen) atoms. The zero-order valence-electron chi connectivity index (χ0n) is 16.2. The number of hydrogen-bond acceptors (Lipinski definition) is 7. The van der Waals surface area contributed by atoms with Gasteiger partial charge in [0, 0.05) is 44.2 Å². The second kappa shape index (κ2) is 10.0. The Morgan fingerprint density at radius 3 is 2.42 bits per heavy atom. The number of nitrogens with zero attached hydrogens (tertiary/aromatic N) is 1. The van der Waals surface area contributed by atoms with E-state index >= 15 is 0 Å². The Kier molecular flexibility index (Phi) is 7.93. The monoisotopic (exact) mass is 473 g/mol. The number of carbonyl (C=O) groups is 1. The first-order valence-electron chi connectivity index (χ1n) is 9.11. The van der Waals surface area contributed by atoms with Crippen LogP contribution in [-0.2, 0) is 14.8 Å². The Hall–Kier alpha value is -2.76. The highest BCUT2D eigenvalue weighted by Crippen LogP contribution is 2.31. The number of anilines is 1. The van der Waals surface area contributed by atoms with Crippen LogP contribution in [0.15, 0.2) is 53.4 Å². The van der Waals surface area contributed by atoms with E-state index in [1.807, 2.05) is 4.72 Å². The van der Waals surface area contributed by atoms with Gasteiger partial charge in [-0.05, 0) is 24.3 Å². The lowest BCUT2D eigenvalue weighted by molar-refractivity contribution is -0.384. The summed E-state index contributed by atoms with van der Waals surface area (Å²) in [4.78, 5) is 22.4. The van der Waals surface area contributed by atoms with Gasteiger partial charge in [-0.2, -0.15) is 0 Å². The number of amides is 1. The largest absolute Gasteiger partial charge is 0.381 e. The van der Waals surface area contributed by atoms with E-state index in [0.717, 1.165) is 12.1 Å². The second-order valence-electron chi connectivity index (χ2n) is 6.85. The standard InChI is InChI=1S/C19H20FN3O6S.ClH/c20-19(8-10-29-11-9-19)13-21-16-7-6-15(12-17(16)23(25)26)30(27,28)22-18(24)14-4-2-1-3-5-14;/h1-7,12,21H,8-11,13H2,(H,22,24);1H. The fraction of sp³-hybridized carbons (Fsp3) is 0.316. The number of halogens is 2. The Labute approximate surface area is 184 Å². The molecule has 2 aromatic carbocycles. The quantitative estimate of drug-likeness (QED) is 0.467. The van der Waals surface area contributed by atoms with E-state index in [0.29, 0.717) is 0 Å². The van der Waals surface area contributed by atoms with Gasteiger partial charge >= 0.3 is 0 Å². The Balaban J connectivity index is 0.00000341. The number of alkyl halides is 1. The number of hydrogen-bond donors (Lipinski definition) is 2. The van der Waals surface area contributed by atoms with Crippen molar-refractivity contribution in [3.8, 4) is 0 Å². The van der Waals surface area contributed by atoms with Crippen molar-refractivity contribution in [1.29, 1.82) is 0 Å². The number of rotatable bonds is 7. The number of nitro groups is 1. The van der Waals surface area contributed by atoms with Crippen LogP contribution < -0.4 is 10.0 Å². The summed E-state index contributed by atoms with van der Waals surface area (Å²) in [5.74, 6) is -0.862. The summed E-state index contributed by atoms with van der Waals surface area (Å²) in [5.41, 5.74) is -2.00. The van der Waals surface area contributed by atoms with E-state index in [1.165, 1.54) is 18.2 Å². The number of ether oxygens (including phenoxy) is 1. The molecule has 0 atom stereocenters. The minimum atomic E-state index is -4.35. The Morgan fingerprint density at radius 2 is 1.81 bits per heavy atom. The Bertz CT molecular complexity index is 1050. The average molecular weight is 474 g/mol. The van der Waals surface area contributed by atoms with Crippen LogP contribution in [0, 0.1) is 10.1 Å². The van der Waals surface area contributed by atoms with Gasteiger partial charge in [-0.3, -0.25) is 14.9 Å². The van der Waals surface area contributed by atoms with E-state index < -0.39 is 37.1 Å². The number of sulfonamides is 1. The zero-order chi connectivity index (χ0) is 21.8. The summed E-state index contributed by atoms with van der Waals surface area (Å²) < 4.78 is 46.7. The number of nitro benzene ring substituents is 1. The third-order valence-corrected chi connectivity index (χ3v) is 6.05. The molecule has 0 radical (unpaired) electrons. The molecule has 1 fully saturated rings. The molecule has 2 N–H and O–H groups in total. The fourth-order valence-corrected chi connectivity index (χ4v) is 3.97. The molecule has 1 aliphatic heterocycles. The van der Waals surface area contributed by atoms with Crippen molar-refractivity contribution in [3.63, 3.8) is 0 Å². The summed E-state index contributed by atoms with van der Waals surface area (Å²) in [6, 6.07) is 10.8. The number of nitrogens with one attached hydrogen (secondary N) is 2. The smallest absolute Gasteiger partial charge is 0.293 e. The molecule has 1 amide bonds. The topological polar surface area (TPSA) is 128 Å². The van der Waals surface area contributed by atoms with E-state index in [4.69, 9.17) is 4.74 Å². The van der Waals surface area contributed by atoms with Gasteiger partial charge in [-0.1, -0.05) is 18.2 Å². The lowest BCUT2D eigenvalue weighted by Gasteiger charge is -2.29. The average Bonchev–Trinajstić information content (AvgIpc) is 2.73. The summed E-state index contributed by atoms with van der Waals surface area (Å²) in [6.07, 6.45) is 0.317. The van der Waals surface area contributed by atoms with Crippen molar-refractivity contribution in [3.05, 3.63) is 64.2 Å². The third kappa shape index (κ3) is 6.12. The van der Waals surface area contributed by atoms with Crippen molar-refractivity contribution in [1.82, 2.24) is 4.72 Å². The van der Waals surface area contributed by atoms with Crippen molar-refractivity contribution in [2.45, 2.75) is 23.4 Å². The van der Waals surface area contributed by atoms with Gasteiger partial charge in [0.15, 0.2) is 0 Å². The molecule has 0 spiro atoms. The molecule has 1 heterocycles. The van der Waals surface area contributed by atoms with Gasteiger partial charge in [-0.15, -0.1) is 12.4 Å². The zero-order valence-corrected chi connectivity index (χ0v) is 17.9. The highest BCUT2D eigenvalue weighted by Gasteiger charge is 2.33. The predicted molar refractivity (Wildman–Crippen MR) is 114 cm³/mol. The van der Waals surface area contributed by atoms with Crippen LogP contribution in [0.2, 0.25) is 0 Å². The second-order valence-corrected chi connectivity index (χ2v) is 8.54. The van der Waals surface area contributed by atoms with Crippen molar-refractivity contribution >= 4 is 39.7 Å². The van der Waals surface area contributed by atoms with E-state index in [-0.39, 0.29) is 56.3 Å². The molecule has 0 aromatic heterocycles. The predicted octanol–water partition coefficient (Wildman–Crippen LogP) is 3.07. The molecule has 0 bridgehead atoms. The summed E-state index contributed by atoms with van der Waals surface area (Å²) in [6.45, 7) is 0.352. The van der Waals surface area contributed by atoms with Gasteiger partial charge in [0.1, 0.15) is 11.4 Å². The molecule has 1 saturated heterocycles. The number of benzene rings is 2. The molecule has 3 rings (SSSR count). The highest BCUT2D eigenvalue weighted by atomic mass is 35.5. The lowest BCUT2D eigenvalue weighted by atomic mass is 9.96. The van der Waals surface area contributed by atoms with Crippen LogP contribution in [0.25, 0.3) is 0 Å². The molecule has 0 unspecified atom stereocenters. The summed E-state index contributed by atoms with van der Waals surface area (Å²) in [5, 5.41) is 14.1. The molecule has 9 nitrogen and oxygen atoms in total. The van der Waals surface area contributed by atoms with Crippen LogP contribution in [0.4, 0.5) is 15.8 Å². The first-order valence-corrected chi connectivity index (χ1v) is 10.6. The van der Waals surface area contributed by atoms with Gasteiger partial charge in [0.05, 0.1) is 9.82 Å². The van der Waals surface area contributed by atoms with E-state index in [2.05, 4.69) is 5.32 Å². The van der Waals surface area contributed by atoms with Gasteiger partial charge < -0.3 is 10.1 Å². The number of carbonyl (C=O) groups excluding carboxylic acids is 1. The molecule has 168 valence electrons. The van der Waals surface area contributed by atoms with Crippen molar-refractivity contribution in [2.75, 3.05) is 25.1 Å². The molecule has 1 aliphatic rings. The first kappa shape index (κ1) is 24.5. The maximum atomic E-state index is 14.7. The van der Waals surface area contributed by atoms with Gasteiger partial charge in [-0.25, -0.2) is 17.5 Å². The van der Waals surface area contributed by atoms with Crippen LogP contribution in [-0.4, -0.2) is 44.7 Å². The molecule has 0 saturated carbocycles. The molecule has 0 aliphatic carbocycles. The first-order chi connectivity index (χ1) is 14.2. The summed E-state index contributed by atoms with van der Waals surface area (Å²) >= 11 is 0. The van der Waals surface area contributed by atoms with Gasteiger partial charge in [0.25, 0.3) is 21.6 Å². The molecule has 12 heteroatoms. The Morgan fingerprint density at radius 1 is 1.16 bits per heavy atom. The van der Waals surface area contributed by atoms with Crippen LogP contribution in [0.1, 0.15) is 23.2 Å². The minimum absolute atomic E-state index is 0. The summed E-state index contributed by atoms with van der Waals surface area (Å²) in [7, 11) is -4.35. The van der Waals surface area contributed by atoms with Crippen molar-refractivity contribution < 1.29 is 27.3 Å². The lowest BCUT2D eigenvalue weighted by Crippen LogP contribution is -2.38. The molecular weight excluding hydrogens is 453 g/mol. The van der Waals surface area contributed by atoms with E-state index in [9.17, 15) is 27.7 Å². The molecular formula is C19H21ClFN3O6S. The normalized spacial score (nSPS) is 15.4.